The Labute approximate surface area is 70.8 Å². The highest BCUT2D eigenvalue weighted by atomic mass is 16.4. The molecule has 0 saturated heterocycles. The zero-order chi connectivity index (χ0) is 9.30. The number of aryl methyl sites for hydroxylation is 2. The highest BCUT2D eigenvalue weighted by Crippen LogP contribution is 2.11. The monoisotopic (exact) mass is 168 g/mol. The van der Waals surface area contributed by atoms with Crippen LogP contribution in [-0.2, 0) is 6.54 Å². The van der Waals surface area contributed by atoms with Gasteiger partial charge in [-0.1, -0.05) is 0 Å². The van der Waals surface area contributed by atoms with E-state index in [0.29, 0.717) is 12.2 Å². The number of aromatic nitrogens is 2. The second-order valence-corrected chi connectivity index (χ2v) is 2.68. The maximum atomic E-state index is 10.8. The molecule has 66 valence electrons. The summed E-state index contributed by atoms with van der Waals surface area (Å²) in [5, 5.41) is 12.9. The van der Waals surface area contributed by atoms with Crippen LogP contribution < -0.4 is 0 Å². The van der Waals surface area contributed by atoms with E-state index in [2.05, 4.69) is 5.10 Å². The Kier molecular flexibility index (Phi) is 2.17. The molecule has 1 N–H and O–H groups in total. The molecule has 0 bridgehead atoms. The highest BCUT2D eigenvalue weighted by molar-refractivity contribution is 5.87. The molecule has 0 unspecified atom stereocenters. The summed E-state index contributed by atoms with van der Waals surface area (Å²) in [5.41, 5.74) is 1.84. The van der Waals surface area contributed by atoms with Gasteiger partial charge in [0.05, 0.1) is 5.69 Å². The third-order valence-corrected chi connectivity index (χ3v) is 1.93. The van der Waals surface area contributed by atoms with Crippen LogP contribution in [0.25, 0.3) is 0 Å². The van der Waals surface area contributed by atoms with E-state index in [-0.39, 0.29) is 0 Å². The van der Waals surface area contributed by atoms with Gasteiger partial charge in [0.1, 0.15) is 5.69 Å². The van der Waals surface area contributed by atoms with Crippen molar-refractivity contribution in [1.29, 1.82) is 0 Å². The maximum absolute atomic E-state index is 10.8. The molecule has 1 heterocycles. The van der Waals surface area contributed by atoms with Crippen LogP contribution in [0.5, 0.6) is 0 Å². The average molecular weight is 168 g/mol. The van der Waals surface area contributed by atoms with Crippen LogP contribution in [0.3, 0.4) is 0 Å². The maximum Gasteiger partial charge on any atom is 0.354 e. The van der Waals surface area contributed by atoms with Gasteiger partial charge < -0.3 is 5.11 Å². The van der Waals surface area contributed by atoms with Crippen molar-refractivity contribution < 1.29 is 9.90 Å². The van der Waals surface area contributed by atoms with E-state index in [0.717, 1.165) is 11.3 Å². The molecule has 4 heteroatoms. The van der Waals surface area contributed by atoms with Crippen molar-refractivity contribution in [1.82, 2.24) is 9.78 Å². The van der Waals surface area contributed by atoms with Gasteiger partial charge in [-0.25, -0.2) is 4.79 Å². The summed E-state index contributed by atoms with van der Waals surface area (Å²) in [4.78, 5) is 10.8. The van der Waals surface area contributed by atoms with Crippen molar-refractivity contribution in [2.24, 2.45) is 0 Å². The van der Waals surface area contributed by atoms with Gasteiger partial charge in [0.15, 0.2) is 0 Å². The smallest absolute Gasteiger partial charge is 0.354 e. The second kappa shape index (κ2) is 2.97. The highest BCUT2D eigenvalue weighted by Gasteiger charge is 2.16. The SMILES string of the molecule is CCn1nc(C)c(C)c1C(=O)O. The molecule has 0 aliphatic rings. The van der Waals surface area contributed by atoms with Gasteiger partial charge in [-0.2, -0.15) is 5.10 Å². The van der Waals surface area contributed by atoms with Gasteiger partial charge in [0.2, 0.25) is 0 Å². The van der Waals surface area contributed by atoms with Gasteiger partial charge in [-0.3, -0.25) is 4.68 Å². The molecule has 1 rings (SSSR count). The molecular formula is C8H12N2O2. The quantitative estimate of drug-likeness (QED) is 0.722. The molecule has 0 aliphatic carbocycles. The number of carboxylic acid groups (broad SMARTS) is 1. The van der Waals surface area contributed by atoms with Crippen LogP contribution >= 0.6 is 0 Å². The predicted molar refractivity (Wildman–Crippen MR) is 44.3 cm³/mol. The van der Waals surface area contributed by atoms with E-state index in [4.69, 9.17) is 5.11 Å². The first kappa shape index (κ1) is 8.77. The van der Waals surface area contributed by atoms with E-state index in [1.807, 2.05) is 13.8 Å². The molecule has 0 radical (unpaired) electrons. The lowest BCUT2D eigenvalue weighted by molar-refractivity contribution is 0.0682. The first-order chi connectivity index (χ1) is 5.57. The van der Waals surface area contributed by atoms with Gasteiger partial charge >= 0.3 is 5.97 Å². The lowest BCUT2D eigenvalue weighted by Crippen LogP contribution is -2.09. The van der Waals surface area contributed by atoms with Crippen molar-refractivity contribution in [3.63, 3.8) is 0 Å². The molecule has 0 aromatic carbocycles. The zero-order valence-corrected chi connectivity index (χ0v) is 7.46. The summed E-state index contributed by atoms with van der Waals surface area (Å²) < 4.78 is 1.51. The van der Waals surface area contributed by atoms with E-state index in [1.165, 1.54) is 4.68 Å². The van der Waals surface area contributed by atoms with Gasteiger partial charge in [0, 0.05) is 12.1 Å². The van der Waals surface area contributed by atoms with Crippen molar-refractivity contribution in [2.45, 2.75) is 27.3 Å². The number of carboxylic acids is 1. The normalized spacial score (nSPS) is 10.2. The summed E-state index contributed by atoms with van der Waals surface area (Å²) >= 11 is 0. The largest absolute Gasteiger partial charge is 0.477 e. The minimum atomic E-state index is -0.907. The molecule has 0 saturated carbocycles. The lowest BCUT2D eigenvalue weighted by atomic mass is 10.2. The Morgan fingerprint density at radius 1 is 1.58 bits per heavy atom. The van der Waals surface area contributed by atoms with Crippen molar-refractivity contribution in [2.75, 3.05) is 0 Å². The van der Waals surface area contributed by atoms with Crippen molar-refractivity contribution in [3.8, 4) is 0 Å². The van der Waals surface area contributed by atoms with Gasteiger partial charge in [-0.05, 0) is 20.8 Å². The van der Waals surface area contributed by atoms with Crippen LogP contribution in [0, 0.1) is 13.8 Å². The molecular weight excluding hydrogens is 156 g/mol. The van der Waals surface area contributed by atoms with Crippen LogP contribution in [0.15, 0.2) is 0 Å². The van der Waals surface area contributed by atoms with E-state index in [9.17, 15) is 4.79 Å². The fourth-order valence-corrected chi connectivity index (χ4v) is 1.17. The first-order valence-electron chi connectivity index (χ1n) is 3.85. The molecule has 0 atom stereocenters. The number of carbonyl (C=O) groups is 1. The second-order valence-electron chi connectivity index (χ2n) is 2.68. The number of hydrogen-bond donors (Lipinski definition) is 1. The first-order valence-corrected chi connectivity index (χ1v) is 3.85. The van der Waals surface area contributed by atoms with Crippen LogP contribution in [-0.4, -0.2) is 20.9 Å². The predicted octanol–water partition coefficient (Wildman–Crippen LogP) is 1.22. The summed E-state index contributed by atoms with van der Waals surface area (Å²) in [7, 11) is 0. The third kappa shape index (κ3) is 1.20. The van der Waals surface area contributed by atoms with Crippen LogP contribution in [0.4, 0.5) is 0 Å². The Morgan fingerprint density at radius 3 is 2.50 bits per heavy atom. The van der Waals surface area contributed by atoms with Gasteiger partial charge in [-0.15, -0.1) is 0 Å². The number of nitrogens with zero attached hydrogens (tertiary/aromatic N) is 2. The fourth-order valence-electron chi connectivity index (χ4n) is 1.17. The number of hydrogen-bond acceptors (Lipinski definition) is 2. The van der Waals surface area contributed by atoms with E-state index in [1.54, 1.807) is 6.92 Å². The van der Waals surface area contributed by atoms with E-state index >= 15 is 0 Å². The Balaban J connectivity index is 3.31. The Morgan fingerprint density at radius 2 is 2.17 bits per heavy atom. The topological polar surface area (TPSA) is 55.1 Å². The molecule has 12 heavy (non-hydrogen) atoms. The van der Waals surface area contributed by atoms with Crippen LogP contribution in [0.2, 0.25) is 0 Å². The molecule has 4 nitrogen and oxygen atoms in total. The minimum Gasteiger partial charge on any atom is -0.477 e. The number of aromatic carboxylic acids is 1. The third-order valence-electron chi connectivity index (χ3n) is 1.93. The summed E-state index contributed by atoms with van der Waals surface area (Å²) in [6, 6.07) is 0. The molecule has 1 aromatic rings. The molecule has 0 aliphatic heterocycles. The van der Waals surface area contributed by atoms with Crippen molar-refractivity contribution in [3.05, 3.63) is 17.0 Å². The average Bonchev–Trinajstić information content (AvgIpc) is 2.28. The lowest BCUT2D eigenvalue weighted by Gasteiger charge is -1.98. The summed E-state index contributed by atoms with van der Waals surface area (Å²) in [6.07, 6.45) is 0. The standard InChI is InChI=1S/C8H12N2O2/c1-4-10-7(8(11)12)5(2)6(3)9-10/h4H2,1-3H3,(H,11,12). The summed E-state index contributed by atoms with van der Waals surface area (Å²) in [5.74, 6) is -0.907. The zero-order valence-electron chi connectivity index (χ0n) is 7.46. The van der Waals surface area contributed by atoms with Crippen LogP contribution in [0.1, 0.15) is 28.7 Å². The van der Waals surface area contributed by atoms with Crippen molar-refractivity contribution >= 4 is 5.97 Å². The molecule has 1 aromatic heterocycles. The molecule has 0 amide bonds. The molecule has 0 spiro atoms. The number of rotatable bonds is 2. The fraction of sp³-hybridized carbons (Fsp3) is 0.500. The van der Waals surface area contributed by atoms with E-state index < -0.39 is 5.97 Å². The minimum absolute atomic E-state index is 0.301. The Hall–Kier alpha value is -1.32. The summed E-state index contributed by atoms with van der Waals surface area (Å²) in [6.45, 7) is 6.06. The molecule has 0 fully saturated rings. The Bertz CT molecular complexity index is 315. The van der Waals surface area contributed by atoms with Gasteiger partial charge in [0.25, 0.3) is 0 Å².